The van der Waals surface area contributed by atoms with Crippen molar-refractivity contribution in [1.82, 2.24) is 4.90 Å². The predicted molar refractivity (Wildman–Crippen MR) is 101 cm³/mol. The minimum atomic E-state index is -0.673. The highest BCUT2D eigenvalue weighted by atomic mass is 32.2. The maximum Gasteiger partial charge on any atom is 0.338 e. The number of amidine groups is 1. The van der Waals surface area contributed by atoms with E-state index < -0.39 is 12.0 Å². The zero-order chi connectivity index (χ0) is 19.7. The van der Waals surface area contributed by atoms with Crippen LogP contribution in [0.5, 0.6) is 11.5 Å². The Morgan fingerprint density at radius 3 is 2.67 bits per heavy atom. The maximum absolute atomic E-state index is 12.6. The molecule has 0 unspecified atom stereocenters. The molecule has 1 atom stereocenters. The van der Waals surface area contributed by atoms with Crippen LogP contribution in [0.1, 0.15) is 18.5 Å². The smallest absolute Gasteiger partial charge is 0.338 e. The average molecular weight is 386 g/mol. The first-order chi connectivity index (χ1) is 13.0. The van der Waals surface area contributed by atoms with Crippen LogP contribution in [0.15, 0.2) is 45.2 Å². The summed E-state index contributed by atoms with van der Waals surface area (Å²) in [4.78, 5) is 19.0. The molecule has 0 bridgehead atoms. The fourth-order valence-corrected chi connectivity index (χ4v) is 4.05. The summed E-state index contributed by atoms with van der Waals surface area (Å²) in [7, 11) is 4.36. The third-order valence-electron chi connectivity index (χ3n) is 4.31. The quantitative estimate of drug-likeness (QED) is 0.785. The number of fused-ring (bicyclic) bond motifs is 1. The first-order valence-electron chi connectivity index (χ1n) is 7.94. The highest BCUT2D eigenvalue weighted by molar-refractivity contribution is 8.17. The fraction of sp³-hybridized carbons (Fsp3) is 0.278. The predicted octanol–water partition coefficient (Wildman–Crippen LogP) is 2.26. The Morgan fingerprint density at radius 1 is 1.33 bits per heavy atom. The number of esters is 1. The van der Waals surface area contributed by atoms with E-state index in [2.05, 4.69) is 11.1 Å². The Labute approximate surface area is 160 Å². The Hall–Kier alpha value is -3.12. The van der Waals surface area contributed by atoms with Crippen molar-refractivity contribution in [2.45, 2.75) is 13.0 Å². The van der Waals surface area contributed by atoms with E-state index >= 15 is 0 Å². The Bertz CT molecular complexity index is 945. The molecule has 0 aromatic heterocycles. The van der Waals surface area contributed by atoms with Crippen LogP contribution in [-0.2, 0) is 9.53 Å². The fourth-order valence-electron chi connectivity index (χ4n) is 3.13. The number of para-hydroxylation sites is 1. The standard InChI is InChI=1S/C18H18N4O4S/c1-9-13(17(23)26-4)14(10-6-5-7-11(24-2)15(10)25-3)22-16(20)12(8-19)27-18(22)21-9/h5-7,14H,20H2,1-4H3/t14-/m0/s1. The molecule has 8 nitrogen and oxygen atoms in total. The van der Waals surface area contributed by atoms with E-state index in [1.54, 1.807) is 24.0 Å². The number of carbonyl (C=O) groups excluding carboxylic acids is 1. The molecule has 140 valence electrons. The lowest BCUT2D eigenvalue weighted by atomic mass is 9.93. The van der Waals surface area contributed by atoms with E-state index in [1.165, 1.54) is 21.3 Å². The molecule has 2 N–H and O–H groups in total. The van der Waals surface area contributed by atoms with E-state index in [1.807, 2.05) is 6.07 Å². The highest BCUT2D eigenvalue weighted by Gasteiger charge is 2.43. The van der Waals surface area contributed by atoms with E-state index in [9.17, 15) is 10.1 Å². The molecule has 2 aliphatic heterocycles. The van der Waals surface area contributed by atoms with Gasteiger partial charge < -0.3 is 19.9 Å². The Balaban J connectivity index is 2.29. The van der Waals surface area contributed by atoms with Gasteiger partial charge >= 0.3 is 5.97 Å². The van der Waals surface area contributed by atoms with Gasteiger partial charge in [-0.3, -0.25) is 4.90 Å². The van der Waals surface area contributed by atoms with E-state index in [0.29, 0.717) is 38.4 Å². The summed E-state index contributed by atoms with van der Waals surface area (Å²) in [5.41, 5.74) is 7.67. The summed E-state index contributed by atoms with van der Waals surface area (Å²) in [6.07, 6.45) is 0. The SMILES string of the molecule is COC(=O)C1=C(C)N=C2SC(C#N)=C(N)N2[C@H]1c1cccc(OC)c1OC. The molecule has 27 heavy (non-hydrogen) atoms. The van der Waals surface area contributed by atoms with Crippen LogP contribution in [0.25, 0.3) is 0 Å². The van der Waals surface area contributed by atoms with Crippen LogP contribution in [-0.4, -0.2) is 37.4 Å². The Morgan fingerprint density at radius 2 is 2.07 bits per heavy atom. The van der Waals surface area contributed by atoms with Gasteiger partial charge in [-0.15, -0.1) is 0 Å². The van der Waals surface area contributed by atoms with Gasteiger partial charge in [-0.2, -0.15) is 5.26 Å². The minimum absolute atomic E-state index is 0.227. The number of nitrogens with two attached hydrogens (primary N) is 1. The number of benzene rings is 1. The summed E-state index contributed by atoms with van der Waals surface area (Å²) < 4.78 is 15.9. The molecule has 0 aliphatic carbocycles. The molecule has 2 heterocycles. The summed E-state index contributed by atoms with van der Waals surface area (Å²) in [6.45, 7) is 1.72. The molecule has 1 aromatic rings. The summed E-state index contributed by atoms with van der Waals surface area (Å²) in [5, 5.41) is 9.89. The molecule has 0 saturated carbocycles. The molecule has 0 radical (unpaired) electrons. The number of ether oxygens (including phenoxy) is 3. The molecule has 1 aromatic carbocycles. The van der Waals surface area contributed by atoms with Gasteiger partial charge in [0.25, 0.3) is 0 Å². The zero-order valence-electron chi connectivity index (χ0n) is 15.3. The van der Waals surface area contributed by atoms with Crippen molar-refractivity contribution in [2.24, 2.45) is 10.7 Å². The normalized spacial score (nSPS) is 18.7. The van der Waals surface area contributed by atoms with Gasteiger partial charge in [0.1, 0.15) is 22.8 Å². The molecule has 2 aliphatic rings. The number of nitriles is 1. The summed E-state index contributed by atoms with van der Waals surface area (Å²) in [6, 6.07) is 6.76. The molecule has 0 saturated heterocycles. The number of allylic oxidation sites excluding steroid dienone is 2. The van der Waals surface area contributed by atoms with Gasteiger partial charge in [0, 0.05) is 5.56 Å². The second kappa shape index (κ2) is 7.25. The van der Waals surface area contributed by atoms with E-state index in [4.69, 9.17) is 19.9 Å². The van der Waals surface area contributed by atoms with E-state index in [-0.39, 0.29) is 5.82 Å². The van der Waals surface area contributed by atoms with Gasteiger partial charge in [0.2, 0.25) is 0 Å². The van der Waals surface area contributed by atoms with Crippen LogP contribution in [0.3, 0.4) is 0 Å². The van der Waals surface area contributed by atoms with Crippen LogP contribution < -0.4 is 15.2 Å². The summed E-state index contributed by atoms with van der Waals surface area (Å²) >= 11 is 1.16. The third kappa shape index (κ3) is 2.88. The molecule has 9 heteroatoms. The lowest BCUT2D eigenvalue weighted by Crippen LogP contribution is -2.38. The van der Waals surface area contributed by atoms with Crippen molar-refractivity contribution in [2.75, 3.05) is 21.3 Å². The van der Waals surface area contributed by atoms with Crippen LogP contribution in [0.2, 0.25) is 0 Å². The molecular weight excluding hydrogens is 368 g/mol. The number of nitrogens with zero attached hydrogens (tertiary/aromatic N) is 3. The van der Waals surface area contributed by atoms with Gasteiger partial charge in [0.15, 0.2) is 16.7 Å². The summed E-state index contributed by atoms with van der Waals surface area (Å²) in [5.74, 6) is 0.665. The van der Waals surface area contributed by atoms with E-state index in [0.717, 1.165) is 11.8 Å². The third-order valence-corrected chi connectivity index (χ3v) is 5.29. The van der Waals surface area contributed by atoms with Gasteiger partial charge in [0.05, 0.1) is 32.6 Å². The average Bonchev–Trinajstić information content (AvgIpc) is 3.00. The molecule has 0 amide bonds. The molecular formula is C18H18N4O4S. The number of rotatable bonds is 4. The monoisotopic (exact) mass is 386 g/mol. The van der Waals surface area contributed by atoms with Crippen LogP contribution in [0, 0.1) is 11.3 Å². The lowest BCUT2D eigenvalue weighted by molar-refractivity contribution is -0.136. The van der Waals surface area contributed by atoms with Crippen molar-refractivity contribution in [1.29, 1.82) is 5.26 Å². The number of carbonyl (C=O) groups is 1. The number of thioether (sulfide) groups is 1. The van der Waals surface area contributed by atoms with Gasteiger partial charge in [-0.1, -0.05) is 12.1 Å². The molecule has 0 fully saturated rings. The van der Waals surface area contributed by atoms with Crippen molar-refractivity contribution in [3.63, 3.8) is 0 Å². The molecule has 0 spiro atoms. The first kappa shape index (κ1) is 18.7. The number of aliphatic imine (C=N–C) groups is 1. The zero-order valence-corrected chi connectivity index (χ0v) is 16.1. The number of methoxy groups -OCH3 is 3. The van der Waals surface area contributed by atoms with Gasteiger partial charge in [-0.25, -0.2) is 9.79 Å². The van der Waals surface area contributed by atoms with Crippen LogP contribution >= 0.6 is 11.8 Å². The lowest BCUT2D eigenvalue weighted by Gasteiger charge is -2.35. The number of hydrogen-bond donors (Lipinski definition) is 1. The highest BCUT2D eigenvalue weighted by Crippen LogP contribution is 2.48. The van der Waals surface area contributed by atoms with Crippen molar-refractivity contribution in [3.05, 3.63) is 45.8 Å². The van der Waals surface area contributed by atoms with Gasteiger partial charge in [-0.05, 0) is 24.8 Å². The molecule has 3 rings (SSSR count). The number of hydrogen-bond acceptors (Lipinski definition) is 9. The minimum Gasteiger partial charge on any atom is -0.493 e. The largest absolute Gasteiger partial charge is 0.493 e. The van der Waals surface area contributed by atoms with Crippen LogP contribution in [0.4, 0.5) is 0 Å². The van der Waals surface area contributed by atoms with Crippen molar-refractivity contribution >= 4 is 22.9 Å². The first-order valence-corrected chi connectivity index (χ1v) is 8.75. The second-order valence-electron chi connectivity index (χ2n) is 5.67. The van der Waals surface area contributed by atoms with Crippen molar-refractivity contribution < 1.29 is 19.0 Å². The topological polar surface area (TPSA) is 110 Å². The van der Waals surface area contributed by atoms with Crippen molar-refractivity contribution in [3.8, 4) is 17.6 Å². The maximum atomic E-state index is 12.6. The Kier molecular flexibility index (Phi) is 5.01. The second-order valence-corrected chi connectivity index (χ2v) is 6.65.